The largest absolute Gasteiger partial charge is 0.495 e. The molecule has 0 radical (unpaired) electrons. The van der Waals surface area contributed by atoms with E-state index in [1.807, 2.05) is 39.0 Å². The predicted molar refractivity (Wildman–Crippen MR) is 116 cm³/mol. The van der Waals surface area contributed by atoms with E-state index in [9.17, 15) is 13.2 Å². The van der Waals surface area contributed by atoms with Crippen LogP contribution in [0.1, 0.15) is 37.8 Å². The van der Waals surface area contributed by atoms with Crippen LogP contribution in [0.25, 0.3) is 0 Å². The summed E-state index contributed by atoms with van der Waals surface area (Å²) in [5, 5.41) is 3.08. The fourth-order valence-corrected chi connectivity index (χ4v) is 4.76. The van der Waals surface area contributed by atoms with Crippen LogP contribution in [0.5, 0.6) is 5.75 Å². The second-order valence-electron chi connectivity index (χ2n) is 6.97. The molecule has 1 amide bonds. The van der Waals surface area contributed by atoms with E-state index in [0.29, 0.717) is 5.75 Å². The van der Waals surface area contributed by atoms with Crippen molar-refractivity contribution in [2.75, 3.05) is 25.5 Å². The Morgan fingerprint density at radius 1 is 1.24 bits per heavy atom. The maximum absolute atomic E-state index is 13.0. The lowest BCUT2D eigenvalue weighted by molar-refractivity contribution is -0.116. The van der Waals surface area contributed by atoms with Crippen molar-refractivity contribution in [2.45, 2.75) is 38.5 Å². The highest BCUT2D eigenvalue weighted by molar-refractivity contribution is 7.89. The first-order valence-electron chi connectivity index (χ1n) is 9.34. The van der Waals surface area contributed by atoms with Crippen LogP contribution >= 0.6 is 11.6 Å². The lowest BCUT2D eigenvalue weighted by Gasteiger charge is -2.22. The van der Waals surface area contributed by atoms with Gasteiger partial charge in [-0.2, -0.15) is 4.31 Å². The van der Waals surface area contributed by atoms with Gasteiger partial charge in [0, 0.05) is 12.2 Å². The first-order chi connectivity index (χ1) is 13.6. The Labute approximate surface area is 177 Å². The molecule has 1 N–H and O–H groups in total. The Morgan fingerprint density at radius 2 is 1.93 bits per heavy atom. The molecular weight excluding hydrogens is 412 g/mol. The number of sulfonamides is 1. The van der Waals surface area contributed by atoms with E-state index in [1.165, 1.54) is 25.3 Å². The van der Waals surface area contributed by atoms with Crippen molar-refractivity contribution < 1.29 is 17.9 Å². The number of aryl methyl sites for hydroxylation is 1. The predicted octanol–water partition coefficient (Wildman–Crippen LogP) is 4.43. The third kappa shape index (κ3) is 5.29. The molecule has 0 spiro atoms. The second kappa shape index (κ2) is 9.61. The SMILES string of the molecule is CCN(CC(=O)Nc1c(C)cccc1C(C)C)S(=O)(=O)c1ccc(OC)c(Cl)c1. The van der Waals surface area contributed by atoms with Crippen LogP contribution in [-0.2, 0) is 14.8 Å². The highest BCUT2D eigenvalue weighted by Gasteiger charge is 2.26. The zero-order valence-electron chi connectivity index (χ0n) is 17.3. The zero-order chi connectivity index (χ0) is 21.8. The Morgan fingerprint density at radius 3 is 2.48 bits per heavy atom. The minimum absolute atomic E-state index is 0.0108. The van der Waals surface area contributed by atoms with E-state index in [-0.39, 0.29) is 28.9 Å². The van der Waals surface area contributed by atoms with E-state index in [2.05, 4.69) is 5.32 Å². The van der Waals surface area contributed by atoms with Crippen LogP contribution in [0.2, 0.25) is 5.02 Å². The molecule has 8 heteroatoms. The summed E-state index contributed by atoms with van der Waals surface area (Å²) in [6, 6.07) is 10.0. The van der Waals surface area contributed by atoms with Crippen molar-refractivity contribution >= 4 is 33.2 Å². The monoisotopic (exact) mass is 438 g/mol. The third-order valence-corrected chi connectivity index (χ3v) is 6.84. The highest BCUT2D eigenvalue weighted by atomic mass is 35.5. The number of amides is 1. The molecule has 0 saturated carbocycles. The third-order valence-electron chi connectivity index (χ3n) is 4.63. The van der Waals surface area contributed by atoms with Gasteiger partial charge in [0.25, 0.3) is 0 Å². The fraction of sp³-hybridized carbons (Fsp3) is 0.381. The number of methoxy groups -OCH3 is 1. The van der Waals surface area contributed by atoms with Crippen LogP contribution in [-0.4, -0.2) is 38.8 Å². The second-order valence-corrected chi connectivity index (χ2v) is 9.31. The van der Waals surface area contributed by atoms with E-state index in [1.54, 1.807) is 6.92 Å². The Balaban J connectivity index is 2.25. The van der Waals surface area contributed by atoms with Crippen LogP contribution in [0.15, 0.2) is 41.3 Å². The van der Waals surface area contributed by atoms with Gasteiger partial charge in [-0.05, 0) is 42.2 Å². The Kier molecular flexibility index (Phi) is 7.68. The number of anilines is 1. The minimum atomic E-state index is -3.89. The number of ether oxygens (including phenoxy) is 1. The molecule has 0 aromatic heterocycles. The summed E-state index contributed by atoms with van der Waals surface area (Å²) in [5.41, 5.74) is 2.66. The number of para-hydroxylation sites is 1. The summed E-state index contributed by atoms with van der Waals surface area (Å²) in [6.07, 6.45) is 0. The molecule has 158 valence electrons. The smallest absolute Gasteiger partial charge is 0.243 e. The number of halogens is 1. The maximum Gasteiger partial charge on any atom is 0.243 e. The topological polar surface area (TPSA) is 75.7 Å². The zero-order valence-corrected chi connectivity index (χ0v) is 18.9. The van der Waals surface area contributed by atoms with Gasteiger partial charge in [-0.25, -0.2) is 8.42 Å². The number of rotatable bonds is 8. The summed E-state index contributed by atoms with van der Waals surface area (Å²) in [7, 11) is -2.44. The molecule has 2 rings (SSSR count). The average molecular weight is 439 g/mol. The lowest BCUT2D eigenvalue weighted by Crippen LogP contribution is -2.38. The first kappa shape index (κ1) is 23.2. The molecular formula is C21H27ClN2O4S. The number of carbonyl (C=O) groups excluding carboxylic acids is 1. The van der Waals surface area contributed by atoms with E-state index < -0.39 is 15.9 Å². The summed E-state index contributed by atoms with van der Waals surface area (Å²) < 4.78 is 32.2. The first-order valence-corrected chi connectivity index (χ1v) is 11.2. The molecule has 0 unspecified atom stereocenters. The summed E-state index contributed by atoms with van der Waals surface area (Å²) >= 11 is 6.07. The van der Waals surface area contributed by atoms with Gasteiger partial charge in [0.2, 0.25) is 15.9 Å². The van der Waals surface area contributed by atoms with Gasteiger partial charge in [0.1, 0.15) is 5.75 Å². The van der Waals surface area contributed by atoms with Crippen LogP contribution in [0, 0.1) is 6.92 Å². The Hall–Kier alpha value is -2.09. The van der Waals surface area contributed by atoms with Crippen LogP contribution in [0.3, 0.4) is 0 Å². The van der Waals surface area contributed by atoms with Gasteiger partial charge in [-0.3, -0.25) is 4.79 Å². The van der Waals surface area contributed by atoms with Gasteiger partial charge in [-0.1, -0.05) is 50.6 Å². The summed E-state index contributed by atoms with van der Waals surface area (Å²) in [6.45, 7) is 7.53. The molecule has 0 aliphatic heterocycles. The number of nitrogens with zero attached hydrogens (tertiary/aromatic N) is 1. The number of benzene rings is 2. The van der Waals surface area contributed by atoms with Gasteiger partial charge in [0.05, 0.1) is 23.6 Å². The standard InChI is InChI=1S/C21H27ClN2O4S/c1-6-24(29(26,27)16-10-11-19(28-5)18(22)12-16)13-20(25)23-21-15(4)8-7-9-17(21)14(2)3/h7-12,14H,6,13H2,1-5H3,(H,23,25). The molecule has 0 aliphatic carbocycles. The van der Waals surface area contributed by atoms with E-state index >= 15 is 0 Å². The lowest BCUT2D eigenvalue weighted by atomic mass is 9.98. The molecule has 2 aromatic rings. The quantitative estimate of drug-likeness (QED) is 0.661. The maximum atomic E-state index is 13.0. The van der Waals surface area contributed by atoms with Gasteiger partial charge in [-0.15, -0.1) is 0 Å². The highest BCUT2D eigenvalue weighted by Crippen LogP contribution is 2.29. The van der Waals surface area contributed by atoms with Crippen molar-refractivity contribution in [3.8, 4) is 5.75 Å². The van der Waals surface area contributed by atoms with Gasteiger partial charge in [0.15, 0.2) is 0 Å². The van der Waals surface area contributed by atoms with Crippen molar-refractivity contribution in [1.29, 1.82) is 0 Å². The van der Waals surface area contributed by atoms with Crippen molar-refractivity contribution in [1.82, 2.24) is 4.31 Å². The van der Waals surface area contributed by atoms with E-state index in [4.69, 9.17) is 16.3 Å². The molecule has 6 nitrogen and oxygen atoms in total. The minimum Gasteiger partial charge on any atom is -0.495 e. The fourth-order valence-electron chi connectivity index (χ4n) is 3.00. The average Bonchev–Trinajstić information content (AvgIpc) is 2.67. The molecule has 0 saturated heterocycles. The molecule has 29 heavy (non-hydrogen) atoms. The number of carbonyl (C=O) groups is 1. The molecule has 0 heterocycles. The molecule has 2 aromatic carbocycles. The molecule has 0 bridgehead atoms. The number of likely N-dealkylation sites (N-methyl/N-ethyl adjacent to an activating group) is 1. The summed E-state index contributed by atoms with van der Waals surface area (Å²) in [5.74, 6) is 0.205. The Bertz CT molecular complexity index is 990. The van der Waals surface area contributed by atoms with E-state index in [0.717, 1.165) is 21.1 Å². The normalized spacial score (nSPS) is 11.7. The molecule has 0 atom stereocenters. The number of hydrogen-bond acceptors (Lipinski definition) is 4. The van der Waals surface area contributed by atoms with Crippen molar-refractivity contribution in [3.05, 3.63) is 52.5 Å². The summed E-state index contributed by atoms with van der Waals surface area (Å²) in [4.78, 5) is 12.7. The van der Waals surface area contributed by atoms with Gasteiger partial charge < -0.3 is 10.1 Å². The van der Waals surface area contributed by atoms with Crippen molar-refractivity contribution in [2.24, 2.45) is 0 Å². The number of nitrogens with one attached hydrogen (secondary N) is 1. The van der Waals surface area contributed by atoms with Crippen LogP contribution < -0.4 is 10.1 Å². The molecule has 0 aliphatic rings. The molecule has 0 fully saturated rings. The van der Waals surface area contributed by atoms with Gasteiger partial charge >= 0.3 is 0 Å². The van der Waals surface area contributed by atoms with Crippen LogP contribution in [0.4, 0.5) is 5.69 Å². The number of hydrogen-bond donors (Lipinski definition) is 1. The van der Waals surface area contributed by atoms with Crippen molar-refractivity contribution in [3.63, 3.8) is 0 Å².